The first-order chi connectivity index (χ1) is 26.1. The van der Waals surface area contributed by atoms with E-state index in [0.29, 0.717) is 31.5 Å². The third-order valence-corrected chi connectivity index (χ3v) is 14.7. The highest BCUT2D eigenvalue weighted by molar-refractivity contribution is 8.29. The summed E-state index contributed by atoms with van der Waals surface area (Å²) in [5.41, 5.74) is 3.01. The SMILES string of the molecule is O=C1C(=C2SC(=S)N(CCCC(=O)N3c4ccccc4Sc4ccc(Cl)cc43)C2=O)SC(=S)N1CCCC(=O)N1c2ccccc2Sc2ccc(Cl)cc21. The normalized spacial score (nSPS) is 17.5. The summed E-state index contributed by atoms with van der Waals surface area (Å²) >= 11 is 29.1. The molecule has 0 N–H and O–H groups in total. The Bertz CT molecular complexity index is 2190. The zero-order valence-corrected chi connectivity index (χ0v) is 34.4. The Hall–Kier alpha value is -3.34. The summed E-state index contributed by atoms with van der Waals surface area (Å²) in [7, 11) is 0. The summed E-state index contributed by atoms with van der Waals surface area (Å²) in [6.07, 6.45) is 1.01. The first-order valence-electron chi connectivity index (χ1n) is 16.7. The molecule has 8 nitrogen and oxygen atoms in total. The fraction of sp³-hybridized carbons (Fsp3) is 0.158. The minimum Gasteiger partial charge on any atom is -0.293 e. The number of nitrogens with zero attached hydrogens (tertiary/aromatic N) is 4. The van der Waals surface area contributed by atoms with Gasteiger partial charge in [-0.15, -0.1) is 0 Å². The van der Waals surface area contributed by atoms with Crippen LogP contribution >= 0.6 is 94.7 Å². The van der Waals surface area contributed by atoms with Crippen LogP contribution in [0.3, 0.4) is 0 Å². The van der Waals surface area contributed by atoms with Gasteiger partial charge >= 0.3 is 0 Å². The number of carbonyl (C=O) groups excluding carboxylic acids is 4. The molecule has 4 aliphatic heterocycles. The number of rotatable bonds is 8. The highest BCUT2D eigenvalue weighted by Crippen LogP contribution is 2.51. The maximum atomic E-state index is 13.7. The van der Waals surface area contributed by atoms with Gasteiger partial charge in [-0.05, 0) is 73.5 Å². The standard InChI is InChI=1S/C38H26Cl2N4O4S6/c39-21-13-15-29-25(19-21)43(23-7-1-3-9-27(23)51-29)31(45)11-5-17-41-35(47)33(53-37(41)49)34-36(48)42(38(50)54-34)18-6-12-32(46)44-24-8-2-4-10-28(24)52-30-16-14-22(40)20-26(30)44/h1-4,7-10,13-16,19-20H,5-6,11-12,17-18H2. The predicted octanol–water partition coefficient (Wildman–Crippen LogP) is 10.4. The van der Waals surface area contributed by atoms with Crippen LogP contribution in [0.2, 0.25) is 10.0 Å². The summed E-state index contributed by atoms with van der Waals surface area (Å²) in [6.45, 7) is 0.420. The van der Waals surface area contributed by atoms with Crippen LogP contribution in [0.15, 0.2) is 114 Å². The van der Waals surface area contributed by atoms with Gasteiger partial charge in [-0.1, -0.05) is 119 Å². The molecule has 4 amide bonds. The molecule has 8 rings (SSSR count). The summed E-state index contributed by atoms with van der Waals surface area (Å²) in [5, 5.41) is 1.06. The van der Waals surface area contributed by atoms with E-state index in [1.165, 1.54) is 9.80 Å². The van der Waals surface area contributed by atoms with Crippen molar-refractivity contribution >= 4 is 150 Å². The second-order valence-electron chi connectivity index (χ2n) is 12.3. The van der Waals surface area contributed by atoms with Crippen molar-refractivity contribution in [1.29, 1.82) is 0 Å². The number of halogens is 2. The molecule has 4 aliphatic rings. The molecule has 0 aromatic heterocycles. The van der Waals surface area contributed by atoms with Crippen LogP contribution in [-0.4, -0.2) is 55.2 Å². The van der Waals surface area contributed by atoms with Crippen molar-refractivity contribution in [3.8, 4) is 0 Å². The van der Waals surface area contributed by atoms with Gasteiger partial charge in [0, 0.05) is 55.6 Å². The largest absolute Gasteiger partial charge is 0.293 e. The molecule has 4 aromatic carbocycles. The van der Waals surface area contributed by atoms with Crippen LogP contribution in [0.25, 0.3) is 0 Å². The number of carbonyl (C=O) groups is 4. The zero-order valence-electron chi connectivity index (χ0n) is 28.0. The highest BCUT2D eigenvalue weighted by atomic mass is 35.5. The third kappa shape index (κ3) is 7.11. The first-order valence-corrected chi connectivity index (χ1v) is 21.5. The van der Waals surface area contributed by atoms with E-state index in [0.717, 1.165) is 65.9 Å². The fourth-order valence-corrected chi connectivity index (χ4v) is 11.6. The maximum absolute atomic E-state index is 13.7. The monoisotopic (exact) mass is 864 g/mol. The molecule has 0 radical (unpaired) electrons. The molecular formula is C38H26Cl2N4O4S6. The number of hydrogen-bond donors (Lipinski definition) is 0. The van der Waals surface area contributed by atoms with Gasteiger partial charge in [-0.2, -0.15) is 0 Å². The molecule has 2 saturated heterocycles. The number of benzene rings is 4. The third-order valence-electron chi connectivity index (χ3n) is 8.92. The molecule has 0 aliphatic carbocycles. The maximum Gasteiger partial charge on any atom is 0.267 e. The van der Waals surface area contributed by atoms with E-state index in [1.54, 1.807) is 57.6 Å². The highest BCUT2D eigenvalue weighted by Gasteiger charge is 2.42. The van der Waals surface area contributed by atoms with Gasteiger partial charge in [0.05, 0.1) is 32.6 Å². The Balaban J connectivity index is 0.903. The lowest BCUT2D eigenvalue weighted by Gasteiger charge is -2.31. The Kier molecular flexibility index (Phi) is 10.9. The smallest absolute Gasteiger partial charge is 0.267 e. The second kappa shape index (κ2) is 15.7. The van der Waals surface area contributed by atoms with Gasteiger partial charge in [0.2, 0.25) is 11.8 Å². The Morgan fingerprint density at radius 2 is 0.926 bits per heavy atom. The van der Waals surface area contributed by atoms with E-state index in [1.807, 2.05) is 60.7 Å². The summed E-state index contributed by atoms with van der Waals surface area (Å²) in [6, 6.07) is 26.4. The van der Waals surface area contributed by atoms with Gasteiger partial charge < -0.3 is 0 Å². The number of anilines is 4. The minimum absolute atomic E-state index is 0.132. The molecule has 0 bridgehead atoms. The lowest BCUT2D eigenvalue weighted by atomic mass is 10.1. The van der Waals surface area contributed by atoms with Crippen molar-refractivity contribution in [3.05, 3.63) is 105 Å². The fourth-order valence-electron chi connectivity index (χ4n) is 6.45. The van der Waals surface area contributed by atoms with Crippen molar-refractivity contribution in [3.63, 3.8) is 0 Å². The van der Waals surface area contributed by atoms with Crippen molar-refractivity contribution < 1.29 is 19.2 Å². The lowest BCUT2D eigenvalue weighted by molar-refractivity contribution is -0.125. The van der Waals surface area contributed by atoms with Gasteiger partial charge in [0.1, 0.15) is 8.64 Å². The zero-order chi connectivity index (χ0) is 37.7. The van der Waals surface area contributed by atoms with E-state index < -0.39 is 0 Å². The van der Waals surface area contributed by atoms with Crippen molar-refractivity contribution in [2.45, 2.75) is 45.3 Å². The average Bonchev–Trinajstić information content (AvgIpc) is 3.60. The van der Waals surface area contributed by atoms with Gasteiger partial charge in [-0.25, -0.2) is 0 Å². The van der Waals surface area contributed by atoms with Crippen LogP contribution in [0.5, 0.6) is 0 Å². The van der Waals surface area contributed by atoms with Crippen LogP contribution < -0.4 is 9.80 Å². The molecule has 0 saturated carbocycles. The summed E-state index contributed by atoms with van der Waals surface area (Å²) in [4.78, 5) is 65.3. The van der Waals surface area contributed by atoms with Gasteiger partial charge in [0.25, 0.3) is 11.8 Å². The number of thiocarbonyl (C=S) groups is 2. The van der Waals surface area contributed by atoms with E-state index in [-0.39, 0.29) is 59.4 Å². The van der Waals surface area contributed by atoms with Gasteiger partial charge in [0.15, 0.2) is 0 Å². The number of hydrogen-bond acceptors (Lipinski definition) is 10. The molecule has 2 fully saturated rings. The van der Waals surface area contributed by atoms with Crippen LogP contribution in [0.1, 0.15) is 25.7 Å². The number of para-hydroxylation sites is 2. The van der Waals surface area contributed by atoms with Crippen LogP contribution in [0, 0.1) is 0 Å². The van der Waals surface area contributed by atoms with Crippen molar-refractivity contribution in [2.24, 2.45) is 0 Å². The summed E-state index contributed by atoms with van der Waals surface area (Å²) in [5.74, 6) is -1.03. The molecule has 0 unspecified atom stereocenters. The minimum atomic E-state index is -0.385. The van der Waals surface area contributed by atoms with Crippen LogP contribution in [0.4, 0.5) is 22.7 Å². The number of amides is 4. The molecule has 0 atom stereocenters. The molecule has 54 heavy (non-hydrogen) atoms. The Labute approximate surface area is 349 Å². The predicted molar refractivity (Wildman–Crippen MR) is 228 cm³/mol. The molecular weight excluding hydrogens is 840 g/mol. The molecule has 4 aromatic rings. The Morgan fingerprint density at radius 3 is 1.35 bits per heavy atom. The van der Waals surface area contributed by atoms with E-state index >= 15 is 0 Å². The number of thioether (sulfide) groups is 2. The second-order valence-corrected chi connectivity index (χ2v) is 18.7. The number of fused-ring (bicyclic) bond motifs is 4. The average molecular weight is 866 g/mol. The van der Waals surface area contributed by atoms with E-state index in [2.05, 4.69) is 0 Å². The quantitative estimate of drug-likeness (QED) is 0.126. The van der Waals surface area contributed by atoms with Crippen LogP contribution in [-0.2, 0) is 19.2 Å². The lowest BCUT2D eigenvalue weighted by Crippen LogP contribution is -2.33. The molecule has 4 heterocycles. The Morgan fingerprint density at radius 1 is 0.537 bits per heavy atom. The van der Waals surface area contributed by atoms with Gasteiger partial charge in [-0.3, -0.25) is 38.8 Å². The molecule has 16 heteroatoms. The molecule has 0 spiro atoms. The topological polar surface area (TPSA) is 81.2 Å². The van der Waals surface area contributed by atoms with Crippen molar-refractivity contribution in [2.75, 3.05) is 22.9 Å². The van der Waals surface area contributed by atoms with E-state index in [4.69, 9.17) is 47.6 Å². The van der Waals surface area contributed by atoms with E-state index in [9.17, 15) is 19.2 Å². The van der Waals surface area contributed by atoms with Crippen molar-refractivity contribution in [1.82, 2.24) is 9.80 Å². The first kappa shape index (κ1) is 37.6. The summed E-state index contributed by atoms with van der Waals surface area (Å²) < 4.78 is 0.631. The molecule has 272 valence electrons.